The van der Waals surface area contributed by atoms with E-state index >= 15 is 0 Å². The summed E-state index contributed by atoms with van der Waals surface area (Å²) in [5, 5.41) is 4.34. The van der Waals surface area contributed by atoms with Crippen molar-refractivity contribution in [3.8, 4) is 5.69 Å². The molecule has 0 atom stereocenters. The molecule has 24 heavy (non-hydrogen) atoms. The second-order valence-corrected chi connectivity index (χ2v) is 6.20. The van der Waals surface area contributed by atoms with Crippen LogP contribution in [0.15, 0.2) is 36.5 Å². The first-order valence-corrected chi connectivity index (χ1v) is 8.20. The maximum absolute atomic E-state index is 13.0. The van der Waals surface area contributed by atoms with Crippen LogP contribution in [0.5, 0.6) is 0 Å². The molecule has 0 unspecified atom stereocenters. The standard InChI is InChI=1S/C18H22FN3O2/c1-21(14-7-9-16(24-2)10-8-14)18(23)17-11-12-22(20-17)15-5-3-13(19)4-6-15/h3-6,11-12,14,16H,7-10H2,1-2H3. The van der Waals surface area contributed by atoms with Crippen molar-refractivity contribution in [2.45, 2.75) is 37.8 Å². The molecule has 5 nitrogen and oxygen atoms in total. The third-order valence-corrected chi connectivity index (χ3v) is 4.74. The molecule has 0 saturated heterocycles. The topological polar surface area (TPSA) is 47.4 Å². The molecule has 0 spiro atoms. The summed E-state index contributed by atoms with van der Waals surface area (Å²) in [4.78, 5) is 14.4. The molecule has 1 fully saturated rings. The van der Waals surface area contributed by atoms with Gasteiger partial charge in [0.1, 0.15) is 5.82 Å². The minimum absolute atomic E-state index is 0.0864. The molecule has 2 aromatic rings. The SMILES string of the molecule is COC1CCC(N(C)C(=O)c2ccn(-c3ccc(F)cc3)n2)CC1. The summed E-state index contributed by atoms with van der Waals surface area (Å²) in [5.41, 5.74) is 1.12. The Morgan fingerprint density at radius 1 is 1.21 bits per heavy atom. The van der Waals surface area contributed by atoms with Crippen LogP contribution in [0.25, 0.3) is 5.69 Å². The molecular formula is C18H22FN3O2. The normalized spacial score (nSPS) is 20.8. The Hall–Kier alpha value is -2.21. The van der Waals surface area contributed by atoms with Gasteiger partial charge in [0.25, 0.3) is 5.91 Å². The van der Waals surface area contributed by atoms with Crippen LogP contribution in [0.3, 0.4) is 0 Å². The number of hydrogen-bond acceptors (Lipinski definition) is 3. The molecule has 0 N–H and O–H groups in total. The largest absolute Gasteiger partial charge is 0.381 e. The van der Waals surface area contributed by atoms with Crippen LogP contribution in [-0.2, 0) is 4.74 Å². The van der Waals surface area contributed by atoms with Gasteiger partial charge in [-0.2, -0.15) is 5.10 Å². The van der Waals surface area contributed by atoms with E-state index in [0.717, 1.165) is 31.4 Å². The highest BCUT2D eigenvalue weighted by Crippen LogP contribution is 2.25. The van der Waals surface area contributed by atoms with Gasteiger partial charge in [-0.05, 0) is 56.0 Å². The zero-order chi connectivity index (χ0) is 17.1. The van der Waals surface area contributed by atoms with Crippen molar-refractivity contribution in [1.82, 2.24) is 14.7 Å². The molecule has 1 aromatic heterocycles. The van der Waals surface area contributed by atoms with Crippen LogP contribution >= 0.6 is 0 Å². The maximum atomic E-state index is 13.0. The lowest BCUT2D eigenvalue weighted by Crippen LogP contribution is -2.40. The van der Waals surface area contributed by atoms with E-state index in [1.165, 1.54) is 12.1 Å². The fourth-order valence-corrected chi connectivity index (χ4v) is 3.19. The Bertz CT molecular complexity index is 691. The molecule has 6 heteroatoms. The van der Waals surface area contributed by atoms with Gasteiger partial charge in [-0.1, -0.05) is 0 Å². The molecule has 128 valence electrons. The van der Waals surface area contributed by atoms with Crippen molar-refractivity contribution in [3.63, 3.8) is 0 Å². The average molecular weight is 331 g/mol. The molecule has 0 radical (unpaired) electrons. The summed E-state index contributed by atoms with van der Waals surface area (Å²) >= 11 is 0. The van der Waals surface area contributed by atoms with E-state index in [4.69, 9.17) is 4.74 Å². The highest BCUT2D eigenvalue weighted by atomic mass is 19.1. The lowest BCUT2D eigenvalue weighted by atomic mass is 9.92. The zero-order valence-electron chi connectivity index (χ0n) is 14.0. The van der Waals surface area contributed by atoms with Crippen molar-refractivity contribution < 1.29 is 13.9 Å². The number of nitrogens with zero attached hydrogens (tertiary/aromatic N) is 3. The fourth-order valence-electron chi connectivity index (χ4n) is 3.19. The second-order valence-electron chi connectivity index (χ2n) is 6.20. The monoisotopic (exact) mass is 331 g/mol. The van der Waals surface area contributed by atoms with E-state index in [1.54, 1.807) is 41.1 Å². The van der Waals surface area contributed by atoms with Gasteiger partial charge < -0.3 is 9.64 Å². The van der Waals surface area contributed by atoms with Crippen molar-refractivity contribution >= 4 is 5.91 Å². The summed E-state index contributed by atoms with van der Waals surface area (Å²) in [5.74, 6) is -0.384. The van der Waals surface area contributed by atoms with Gasteiger partial charge in [0.05, 0.1) is 11.8 Å². The van der Waals surface area contributed by atoms with Crippen LogP contribution in [0.1, 0.15) is 36.2 Å². The molecule has 0 aliphatic heterocycles. The summed E-state index contributed by atoms with van der Waals surface area (Å²) in [6, 6.07) is 7.93. The van der Waals surface area contributed by atoms with Gasteiger partial charge in [-0.25, -0.2) is 9.07 Å². The Balaban J connectivity index is 1.68. The molecule has 1 amide bonds. The molecule has 1 saturated carbocycles. The van der Waals surface area contributed by atoms with Gasteiger partial charge in [0.15, 0.2) is 5.69 Å². The van der Waals surface area contributed by atoms with Crippen molar-refractivity contribution in [2.24, 2.45) is 0 Å². The smallest absolute Gasteiger partial charge is 0.274 e. The van der Waals surface area contributed by atoms with Gasteiger partial charge in [-0.3, -0.25) is 4.79 Å². The quantitative estimate of drug-likeness (QED) is 0.865. The highest BCUT2D eigenvalue weighted by Gasteiger charge is 2.27. The molecule has 1 aliphatic rings. The maximum Gasteiger partial charge on any atom is 0.274 e. The number of rotatable bonds is 4. The first kappa shape index (κ1) is 16.6. The minimum atomic E-state index is -0.298. The molecule has 1 heterocycles. The van der Waals surface area contributed by atoms with Crippen LogP contribution in [-0.4, -0.2) is 46.9 Å². The van der Waals surface area contributed by atoms with Crippen LogP contribution in [0.2, 0.25) is 0 Å². The lowest BCUT2D eigenvalue weighted by Gasteiger charge is -2.33. The summed E-state index contributed by atoms with van der Waals surface area (Å²) in [6.07, 6.45) is 5.86. The lowest BCUT2D eigenvalue weighted by molar-refractivity contribution is 0.0383. The number of hydrogen-bond donors (Lipinski definition) is 0. The van der Waals surface area contributed by atoms with Crippen molar-refractivity contribution in [3.05, 3.63) is 48.0 Å². The number of halogens is 1. The first-order valence-electron chi connectivity index (χ1n) is 8.20. The predicted octanol–water partition coefficient (Wildman–Crippen LogP) is 3.04. The Labute approximate surface area is 141 Å². The summed E-state index contributed by atoms with van der Waals surface area (Å²) in [6.45, 7) is 0. The Morgan fingerprint density at radius 2 is 1.88 bits per heavy atom. The third kappa shape index (κ3) is 3.48. The van der Waals surface area contributed by atoms with E-state index in [1.807, 2.05) is 7.05 Å². The number of amides is 1. The van der Waals surface area contributed by atoms with Gasteiger partial charge >= 0.3 is 0 Å². The Kier molecular flexibility index (Phi) is 4.94. The third-order valence-electron chi connectivity index (χ3n) is 4.74. The molecule has 0 bridgehead atoms. The van der Waals surface area contributed by atoms with Crippen LogP contribution in [0.4, 0.5) is 4.39 Å². The van der Waals surface area contributed by atoms with Gasteiger partial charge in [-0.15, -0.1) is 0 Å². The molecule has 3 rings (SSSR count). The number of carbonyl (C=O) groups excluding carboxylic acids is 1. The van der Waals surface area contributed by atoms with Gasteiger partial charge in [0.2, 0.25) is 0 Å². The zero-order valence-corrected chi connectivity index (χ0v) is 14.0. The number of methoxy groups -OCH3 is 1. The van der Waals surface area contributed by atoms with E-state index in [2.05, 4.69) is 5.10 Å². The van der Waals surface area contributed by atoms with Crippen LogP contribution in [0, 0.1) is 5.82 Å². The fraction of sp³-hybridized carbons (Fsp3) is 0.444. The number of benzene rings is 1. The second kappa shape index (κ2) is 7.13. The summed E-state index contributed by atoms with van der Waals surface area (Å²) < 4.78 is 20.0. The average Bonchev–Trinajstić information content (AvgIpc) is 3.11. The van der Waals surface area contributed by atoms with Crippen molar-refractivity contribution in [2.75, 3.05) is 14.2 Å². The van der Waals surface area contributed by atoms with Crippen molar-refractivity contribution in [1.29, 1.82) is 0 Å². The molecule has 1 aromatic carbocycles. The number of aromatic nitrogens is 2. The van der Waals surface area contributed by atoms with E-state index in [9.17, 15) is 9.18 Å². The number of carbonyl (C=O) groups is 1. The van der Waals surface area contributed by atoms with Gasteiger partial charge in [0, 0.05) is 26.4 Å². The first-order chi connectivity index (χ1) is 11.6. The van der Waals surface area contributed by atoms with E-state index < -0.39 is 0 Å². The van der Waals surface area contributed by atoms with E-state index in [-0.39, 0.29) is 17.8 Å². The molecule has 1 aliphatic carbocycles. The minimum Gasteiger partial charge on any atom is -0.381 e. The highest BCUT2D eigenvalue weighted by molar-refractivity contribution is 5.92. The summed E-state index contributed by atoms with van der Waals surface area (Å²) in [7, 11) is 3.57. The predicted molar refractivity (Wildman–Crippen MR) is 88.7 cm³/mol. The van der Waals surface area contributed by atoms with E-state index in [0.29, 0.717) is 11.8 Å². The number of ether oxygens (including phenoxy) is 1. The van der Waals surface area contributed by atoms with Crippen LogP contribution < -0.4 is 0 Å². The Morgan fingerprint density at radius 3 is 2.50 bits per heavy atom. The molecular weight excluding hydrogens is 309 g/mol.